The Balaban J connectivity index is 1.76. The van der Waals surface area contributed by atoms with Crippen molar-refractivity contribution in [2.45, 2.75) is 19.0 Å². The van der Waals surface area contributed by atoms with Crippen LogP contribution in [-0.2, 0) is 4.79 Å². The number of alkyl halides is 3. The van der Waals surface area contributed by atoms with E-state index in [2.05, 4.69) is 0 Å². The average Bonchev–Trinajstić information content (AvgIpc) is 2.65. The van der Waals surface area contributed by atoms with Gasteiger partial charge in [0.25, 0.3) is 5.91 Å². The number of carbonyl (C=O) groups excluding carboxylic acids is 2. The number of hydrogen-bond donors (Lipinski definition) is 0. The smallest absolute Gasteiger partial charge is 0.338 e. The molecule has 1 heterocycles. The lowest BCUT2D eigenvalue weighted by Gasteiger charge is -2.34. The van der Waals surface area contributed by atoms with Crippen molar-refractivity contribution in [1.29, 1.82) is 0 Å². The number of halogens is 3. The fourth-order valence-corrected chi connectivity index (χ4v) is 3.60. The van der Waals surface area contributed by atoms with Crippen molar-refractivity contribution in [2.24, 2.45) is 5.92 Å². The summed E-state index contributed by atoms with van der Waals surface area (Å²) < 4.78 is 37.6. The minimum atomic E-state index is -4.43. The molecule has 1 fully saturated rings. The highest BCUT2D eigenvalue weighted by molar-refractivity contribution is 6.07. The third kappa shape index (κ3) is 4.40. The summed E-state index contributed by atoms with van der Waals surface area (Å²) in [5.74, 6) is -1.37. The molecule has 2 amide bonds. The summed E-state index contributed by atoms with van der Waals surface area (Å²) in [6.07, 6.45) is -3.36. The number of piperidine rings is 1. The third-order valence-electron chi connectivity index (χ3n) is 4.87. The van der Waals surface area contributed by atoms with Gasteiger partial charge in [0.15, 0.2) is 0 Å². The van der Waals surface area contributed by atoms with Crippen LogP contribution < -0.4 is 0 Å². The van der Waals surface area contributed by atoms with Crippen LogP contribution in [0.25, 0.3) is 10.8 Å². The number of benzene rings is 2. The van der Waals surface area contributed by atoms with Crippen LogP contribution in [0.2, 0.25) is 0 Å². The summed E-state index contributed by atoms with van der Waals surface area (Å²) in [6.45, 7) is -0.641. The van der Waals surface area contributed by atoms with E-state index < -0.39 is 24.5 Å². The molecule has 1 unspecified atom stereocenters. The molecule has 2 aromatic carbocycles. The summed E-state index contributed by atoms with van der Waals surface area (Å²) >= 11 is 0. The number of likely N-dealkylation sites (tertiary alicyclic amines) is 1. The molecule has 0 radical (unpaired) electrons. The normalized spacial score (nSPS) is 17.8. The highest BCUT2D eigenvalue weighted by atomic mass is 19.4. The molecule has 1 atom stereocenters. The van der Waals surface area contributed by atoms with Crippen molar-refractivity contribution in [2.75, 3.05) is 26.7 Å². The van der Waals surface area contributed by atoms with Crippen LogP contribution >= 0.6 is 0 Å². The first-order valence-electron chi connectivity index (χ1n) is 8.85. The van der Waals surface area contributed by atoms with Gasteiger partial charge in [-0.2, -0.15) is 13.2 Å². The van der Waals surface area contributed by atoms with E-state index in [1.165, 1.54) is 0 Å². The second kappa shape index (κ2) is 7.58. The fraction of sp³-hybridized carbons (Fsp3) is 0.400. The maximum atomic E-state index is 13.0. The van der Waals surface area contributed by atoms with Gasteiger partial charge < -0.3 is 9.80 Å². The predicted octanol–water partition coefficient (Wildman–Crippen LogP) is 3.71. The Kier molecular flexibility index (Phi) is 5.39. The Labute approximate surface area is 155 Å². The second-order valence-corrected chi connectivity index (χ2v) is 6.93. The van der Waals surface area contributed by atoms with E-state index in [-0.39, 0.29) is 12.5 Å². The lowest BCUT2D eigenvalue weighted by atomic mass is 9.95. The lowest BCUT2D eigenvalue weighted by molar-refractivity contribution is -0.161. The number of hydrogen-bond acceptors (Lipinski definition) is 2. The quantitative estimate of drug-likeness (QED) is 0.817. The SMILES string of the molecule is CN(CC(F)(F)F)C(=O)C1CCCN(C(=O)c2cccc3ccccc23)C1. The fourth-order valence-electron chi connectivity index (χ4n) is 3.60. The molecule has 0 aliphatic carbocycles. The van der Waals surface area contributed by atoms with Crippen molar-refractivity contribution in [3.8, 4) is 0 Å². The van der Waals surface area contributed by atoms with E-state index in [9.17, 15) is 22.8 Å². The van der Waals surface area contributed by atoms with Gasteiger partial charge in [-0.1, -0.05) is 36.4 Å². The van der Waals surface area contributed by atoms with E-state index in [1.54, 1.807) is 17.0 Å². The predicted molar refractivity (Wildman–Crippen MR) is 96.3 cm³/mol. The summed E-state index contributed by atoms with van der Waals surface area (Å²) in [7, 11) is 1.15. The van der Waals surface area contributed by atoms with Gasteiger partial charge >= 0.3 is 6.18 Å². The van der Waals surface area contributed by atoms with E-state index >= 15 is 0 Å². The molecular weight excluding hydrogens is 357 g/mol. The third-order valence-corrected chi connectivity index (χ3v) is 4.87. The highest BCUT2D eigenvalue weighted by Crippen LogP contribution is 2.25. The molecule has 0 spiro atoms. The van der Waals surface area contributed by atoms with Gasteiger partial charge in [0.05, 0.1) is 5.92 Å². The molecule has 0 bridgehead atoms. The van der Waals surface area contributed by atoms with Crippen molar-refractivity contribution in [1.82, 2.24) is 9.80 Å². The number of fused-ring (bicyclic) bond motifs is 1. The zero-order valence-corrected chi connectivity index (χ0v) is 15.0. The van der Waals surface area contributed by atoms with Gasteiger partial charge in [-0.25, -0.2) is 0 Å². The molecule has 2 aromatic rings. The maximum Gasteiger partial charge on any atom is 0.406 e. The van der Waals surface area contributed by atoms with Crippen molar-refractivity contribution < 1.29 is 22.8 Å². The molecule has 3 rings (SSSR count). The Morgan fingerprint density at radius 2 is 1.85 bits per heavy atom. The topological polar surface area (TPSA) is 40.6 Å². The molecule has 0 saturated carbocycles. The Morgan fingerprint density at radius 1 is 1.15 bits per heavy atom. The maximum absolute atomic E-state index is 13.0. The molecule has 1 aliphatic heterocycles. The van der Waals surface area contributed by atoms with Gasteiger partial charge in [0, 0.05) is 25.7 Å². The van der Waals surface area contributed by atoms with Gasteiger partial charge in [-0.3, -0.25) is 9.59 Å². The van der Waals surface area contributed by atoms with Crippen LogP contribution in [0, 0.1) is 5.92 Å². The zero-order valence-electron chi connectivity index (χ0n) is 15.0. The van der Waals surface area contributed by atoms with Crippen molar-refractivity contribution in [3.05, 3.63) is 48.0 Å². The molecule has 0 aromatic heterocycles. The lowest BCUT2D eigenvalue weighted by Crippen LogP contribution is -2.47. The summed E-state index contributed by atoms with van der Waals surface area (Å²) in [4.78, 5) is 27.7. The Hall–Kier alpha value is -2.57. The van der Waals surface area contributed by atoms with Crippen LogP contribution in [0.4, 0.5) is 13.2 Å². The number of carbonyl (C=O) groups is 2. The van der Waals surface area contributed by atoms with Crippen LogP contribution in [0.3, 0.4) is 0 Å². The first-order valence-corrected chi connectivity index (χ1v) is 8.85. The van der Waals surface area contributed by atoms with Crippen molar-refractivity contribution in [3.63, 3.8) is 0 Å². The molecule has 4 nitrogen and oxygen atoms in total. The van der Waals surface area contributed by atoms with E-state index in [0.29, 0.717) is 29.8 Å². The first-order chi connectivity index (χ1) is 12.8. The standard InChI is InChI=1S/C20H21F3N2O2/c1-24(13-20(21,22)23)18(26)15-8-5-11-25(12-15)19(27)17-10-4-7-14-6-2-3-9-16(14)17/h2-4,6-7,9-10,15H,5,8,11-13H2,1H3. The van der Waals surface area contributed by atoms with Crippen molar-refractivity contribution >= 4 is 22.6 Å². The summed E-state index contributed by atoms with van der Waals surface area (Å²) in [5.41, 5.74) is 0.546. The minimum Gasteiger partial charge on any atom is -0.338 e. The number of amides is 2. The van der Waals surface area contributed by atoms with Gasteiger partial charge in [-0.15, -0.1) is 0 Å². The number of nitrogens with zero attached hydrogens (tertiary/aromatic N) is 2. The minimum absolute atomic E-state index is 0.142. The second-order valence-electron chi connectivity index (χ2n) is 6.93. The van der Waals surface area contributed by atoms with Gasteiger partial charge in [0.1, 0.15) is 6.54 Å². The number of rotatable bonds is 3. The average molecular weight is 378 g/mol. The molecular formula is C20H21F3N2O2. The van der Waals surface area contributed by atoms with Gasteiger partial charge in [0.2, 0.25) is 5.91 Å². The summed E-state index contributed by atoms with van der Waals surface area (Å²) in [6, 6.07) is 13.0. The van der Waals surface area contributed by atoms with E-state index in [4.69, 9.17) is 0 Å². The first kappa shape index (κ1) is 19.2. The molecule has 0 N–H and O–H groups in total. The monoisotopic (exact) mass is 378 g/mol. The summed E-state index contributed by atoms with van der Waals surface area (Å²) in [5, 5.41) is 1.77. The molecule has 144 valence electrons. The zero-order chi connectivity index (χ0) is 19.6. The Morgan fingerprint density at radius 3 is 2.59 bits per heavy atom. The molecule has 7 heteroatoms. The van der Waals surface area contributed by atoms with E-state index in [0.717, 1.165) is 17.8 Å². The highest BCUT2D eigenvalue weighted by Gasteiger charge is 2.36. The largest absolute Gasteiger partial charge is 0.406 e. The van der Waals surface area contributed by atoms with Gasteiger partial charge in [-0.05, 0) is 29.7 Å². The molecule has 1 saturated heterocycles. The Bertz CT molecular complexity index is 845. The molecule has 1 aliphatic rings. The molecule has 27 heavy (non-hydrogen) atoms. The van der Waals surface area contributed by atoms with Crippen LogP contribution in [0.1, 0.15) is 23.2 Å². The van der Waals surface area contributed by atoms with Crippen LogP contribution in [0.15, 0.2) is 42.5 Å². The van der Waals surface area contributed by atoms with Crippen LogP contribution in [-0.4, -0.2) is 54.5 Å². The van der Waals surface area contributed by atoms with E-state index in [1.807, 2.05) is 30.3 Å². The van der Waals surface area contributed by atoms with Crippen LogP contribution in [0.5, 0.6) is 0 Å².